The van der Waals surface area contributed by atoms with Crippen LogP contribution in [-0.4, -0.2) is 24.8 Å². The molecule has 0 amide bonds. The van der Waals surface area contributed by atoms with E-state index in [9.17, 15) is 0 Å². The molecule has 0 spiro atoms. The molecule has 8 heavy (non-hydrogen) atoms. The highest BCUT2D eigenvalue weighted by Crippen LogP contribution is 2.52. The van der Waals surface area contributed by atoms with Gasteiger partial charge in [0.1, 0.15) is 0 Å². The van der Waals surface area contributed by atoms with Gasteiger partial charge in [0.05, 0.1) is 0 Å². The van der Waals surface area contributed by atoms with Crippen LogP contribution < -0.4 is 4.72 Å². The fourth-order valence-corrected chi connectivity index (χ4v) is 2.47. The molecule has 1 aliphatic rings. The fraction of sp³-hybridized carbons (Fsp3) is 1.00. The maximum atomic E-state index is 3.39. The van der Waals surface area contributed by atoms with Crippen molar-refractivity contribution in [3.8, 4) is 0 Å². The SMILES string of the molecule is CNS(C)(C)C1CC1. The van der Waals surface area contributed by atoms with Gasteiger partial charge in [-0.2, -0.15) is 10.2 Å². The number of hydrogen-bond acceptors (Lipinski definition) is 1. The fourth-order valence-electron chi connectivity index (χ4n) is 0.824. The molecule has 0 saturated heterocycles. The normalized spacial score (nSPS) is 23.4. The van der Waals surface area contributed by atoms with E-state index in [0.29, 0.717) is 0 Å². The topological polar surface area (TPSA) is 12.0 Å². The molecule has 2 heteroatoms. The van der Waals surface area contributed by atoms with Crippen LogP contribution in [0.5, 0.6) is 0 Å². The van der Waals surface area contributed by atoms with E-state index in [4.69, 9.17) is 0 Å². The zero-order valence-corrected chi connectivity index (χ0v) is 6.72. The lowest BCUT2D eigenvalue weighted by molar-refractivity contribution is 1.23. The Morgan fingerprint density at radius 2 is 1.88 bits per heavy atom. The van der Waals surface area contributed by atoms with Crippen molar-refractivity contribution < 1.29 is 0 Å². The van der Waals surface area contributed by atoms with Crippen LogP contribution in [0.1, 0.15) is 12.8 Å². The van der Waals surface area contributed by atoms with Crippen LogP contribution in [0.4, 0.5) is 0 Å². The molecule has 0 radical (unpaired) electrons. The molecule has 1 fully saturated rings. The lowest BCUT2D eigenvalue weighted by Crippen LogP contribution is -2.16. The van der Waals surface area contributed by atoms with E-state index in [1.165, 1.54) is 12.8 Å². The summed E-state index contributed by atoms with van der Waals surface area (Å²) in [5.74, 6) is 0. The second kappa shape index (κ2) is 1.92. The van der Waals surface area contributed by atoms with Crippen LogP contribution in [0.2, 0.25) is 0 Å². The molecule has 0 aromatic rings. The van der Waals surface area contributed by atoms with Gasteiger partial charge in [-0.1, -0.05) is 0 Å². The highest BCUT2D eigenvalue weighted by atomic mass is 32.3. The Hall–Kier alpha value is 0.310. The molecule has 1 saturated carbocycles. The Bertz CT molecular complexity index is 86.5. The Morgan fingerprint density at radius 3 is 2.00 bits per heavy atom. The van der Waals surface area contributed by atoms with Crippen molar-refractivity contribution in [2.45, 2.75) is 18.1 Å². The molecular formula is C6H15NS. The van der Waals surface area contributed by atoms with E-state index in [1.807, 2.05) is 0 Å². The molecule has 1 N–H and O–H groups in total. The van der Waals surface area contributed by atoms with Crippen molar-refractivity contribution in [2.75, 3.05) is 19.6 Å². The summed E-state index contributed by atoms with van der Waals surface area (Å²) in [6, 6.07) is 0. The van der Waals surface area contributed by atoms with Gasteiger partial charge in [-0.3, -0.25) is 4.72 Å². The predicted octanol–water partition coefficient (Wildman–Crippen LogP) is 1.35. The quantitative estimate of drug-likeness (QED) is 0.599. The molecule has 0 heterocycles. The molecular weight excluding hydrogens is 118 g/mol. The second-order valence-electron chi connectivity index (χ2n) is 2.81. The van der Waals surface area contributed by atoms with Gasteiger partial charge in [0, 0.05) is 5.25 Å². The van der Waals surface area contributed by atoms with E-state index in [2.05, 4.69) is 24.3 Å². The van der Waals surface area contributed by atoms with Crippen molar-refractivity contribution in [3.05, 3.63) is 0 Å². The number of rotatable bonds is 2. The molecule has 0 aromatic carbocycles. The first-order chi connectivity index (χ1) is 3.67. The average molecular weight is 133 g/mol. The summed E-state index contributed by atoms with van der Waals surface area (Å²) < 4.78 is 3.39. The van der Waals surface area contributed by atoms with Gasteiger partial charge >= 0.3 is 0 Å². The average Bonchev–Trinajstić information content (AvgIpc) is 2.44. The van der Waals surface area contributed by atoms with Crippen LogP contribution in [-0.2, 0) is 0 Å². The molecule has 0 aliphatic heterocycles. The van der Waals surface area contributed by atoms with Gasteiger partial charge in [-0.05, 0) is 32.4 Å². The number of hydrogen-bond donors (Lipinski definition) is 1. The second-order valence-corrected chi connectivity index (χ2v) is 6.70. The molecule has 0 aromatic heterocycles. The van der Waals surface area contributed by atoms with E-state index in [0.717, 1.165) is 5.25 Å². The first-order valence-corrected chi connectivity index (χ1v) is 5.59. The predicted molar refractivity (Wildman–Crippen MR) is 41.5 cm³/mol. The number of nitrogens with one attached hydrogen (secondary N) is 1. The lowest BCUT2D eigenvalue weighted by Gasteiger charge is -2.30. The summed E-state index contributed by atoms with van der Waals surface area (Å²) >= 11 is 0. The molecule has 50 valence electrons. The largest absolute Gasteiger partial charge is 0.284 e. The van der Waals surface area contributed by atoms with Crippen LogP contribution in [0.15, 0.2) is 0 Å². The van der Waals surface area contributed by atoms with Gasteiger partial charge in [-0.25, -0.2) is 0 Å². The van der Waals surface area contributed by atoms with E-state index < -0.39 is 0 Å². The Morgan fingerprint density at radius 1 is 1.38 bits per heavy atom. The van der Waals surface area contributed by atoms with Crippen molar-refractivity contribution in [3.63, 3.8) is 0 Å². The minimum Gasteiger partial charge on any atom is -0.284 e. The Labute approximate surface area is 53.3 Å². The van der Waals surface area contributed by atoms with Crippen molar-refractivity contribution >= 4 is 10.2 Å². The van der Waals surface area contributed by atoms with Crippen LogP contribution in [0.3, 0.4) is 0 Å². The highest BCUT2D eigenvalue weighted by Gasteiger charge is 2.32. The maximum absolute atomic E-state index is 3.39. The third-order valence-corrected chi connectivity index (χ3v) is 5.07. The monoisotopic (exact) mass is 133 g/mol. The summed E-state index contributed by atoms with van der Waals surface area (Å²) in [5, 5.41) is 1.03. The molecule has 0 unspecified atom stereocenters. The Kier molecular flexibility index (Phi) is 1.54. The molecule has 0 atom stereocenters. The van der Waals surface area contributed by atoms with Crippen LogP contribution >= 0.6 is 10.2 Å². The van der Waals surface area contributed by atoms with Gasteiger partial charge in [0.2, 0.25) is 0 Å². The van der Waals surface area contributed by atoms with Gasteiger partial charge in [0.25, 0.3) is 0 Å². The van der Waals surface area contributed by atoms with Crippen LogP contribution in [0.25, 0.3) is 0 Å². The summed E-state index contributed by atoms with van der Waals surface area (Å²) in [4.78, 5) is 0. The van der Waals surface area contributed by atoms with Crippen molar-refractivity contribution in [2.24, 2.45) is 0 Å². The maximum Gasteiger partial charge on any atom is 0.0000280 e. The minimum atomic E-state index is -0.375. The molecule has 1 aliphatic carbocycles. The van der Waals surface area contributed by atoms with Gasteiger partial charge in [0.15, 0.2) is 0 Å². The van der Waals surface area contributed by atoms with E-state index in [1.54, 1.807) is 0 Å². The summed E-state index contributed by atoms with van der Waals surface area (Å²) in [6.45, 7) is 0. The summed E-state index contributed by atoms with van der Waals surface area (Å²) in [6.07, 6.45) is 7.63. The van der Waals surface area contributed by atoms with Crippen molar-refractivity contribution in [1.82, 2.24) is 4.72 Å². The zero-order valence-electron chi connectivity index (χ0n) is 5.90. The Balaban J connectivity index is 2.37. The third kappa shape index (κ3) is 1.17. The standard InChI is InChI=1S/C6H15NS/c1-7-8(2,3)6-4-5-6/h6-7H,4-5H2,1-3H3. The molecule has 0 bridgehead atoms. The highest BCUT2D eigenvalue weighted by molar-refractivity contribution is 8.31. The van der Waals surface area contributed by atoms with E-state index >= 15 is 0 Å². The first-order valence-electron chi connectivity index (χ1n) is 3.07. The zero-order chi connectivity index (χ0) is 6.20. The molecule has 1 rings (SSSR count). The lowest BCUT2D eigenvalue weighted by atomic mass is 11.0. The minimum absolute atomic E-state index is 0.375. The van der Waals surface area contributed by atoms with Crippen molar-refractivity contribution in [1.29, 1.82) is 0 Å². The molecule has 1 nitrogen and oxygen atoms in total. The summed E-state index contributed by atoms with van der Waals surface area (Å²) in [5.41, 5.74) is 0. The van der Waals surface area contributed by atoms with Gasteiger partial charge < -0.3 is 0 Å². The third-order valence-electron chi connectivity index (χ3n) is 1.88. The van der Waals surface area contributed by atoms with Gasteiger partial charge in [-0.15, -0.1) is 0 Å². The van der Waals surface area contributed by atoms with Crippen LogP contribution in [0, 0.1) is 0 Å². The summed E-state index contributed by atoms with van der Waals surface area (Å²) in [7, 11) is 1.70. The smallest absolute Gasteiger partial charge is 0.0000280 e. The van der Waals surface area contributed by atoms with E-state index in [-0.39, 0.29) is 10.2 Å². The first kappa shape index (κ1) is 6.43.